The maximum atomic E-state index is 13.1. The first-order valence-corrected chi connectivity index (χ1v) is 10.3. The Morgan fingerprint density at radius 3 is 2.72 bits per heavy atom. The van der Waals surface area contributed by atoms with Gasteiger partial charge in [0.2, 0.25) is 5.91 Å². The summed E-state index contributed by atoms with van der Waals surface area (Å²) in [6.07, 6.45) is 6.31. The van der Waals surface area contributed by atoms with Gasteiger partial charge in [-0.25, -0.2) is 0 Å². The van der Waals surface area contributed by atoms with E-state index in [1.165, 1.54) is 5.56 Å². The van der Waals surface area contributed by atoms with Gasteiger partial charge in [0.05, 0.1) is 23.0 Å². The van der Waals surface area contributed by atoms with E-state index in [2.05, 4.69) is 17.3 Å². The summed E-state index contributed by atoms with van der Waals surface area (Å²) in [6.45, 7) is 4.74. The number of hydrogen-bond donors (Lipinski definition) is 0. The van der Waals surface area contributed by atoms with E-state index in [1.54, 1.807) is 0 Å². The highest BCUT2D eigenvalue weighted by atomic mass is 16.5. The summed E-state index contributed by atoms with van der Waals surface area (Å²) in [6, 6.07) is 10.2. The Bertz CT molecular complexity index is 990. The maximum Gasteiger partial charge on any atom is 0.223 e. The predicted octanol–water partition coefficient (Wildman–Crippen LogP) is 4.38. The molecule has 29 heavy (non-hydrogen) atoms. The molecule has 1 saturated heterocycles. The molecule has 0 saturated carbocycles. The summed E-state index contributed by atoms with van der Waals surface area (Å²) in [7, 11) is 1.91. The normalized spacial score (nSPS) is 16.9. The largest absolute Gasteiger partial charge is 0.356 e. The number of piperidine rings is 1. The Labute approximate surface area is 171 Å². The van der Waals surface area contributed by atoms with Crippen LogP contribution in [0, 0.1) is 13.8 Å². The summed E-state index contributed by atoms with van der Waals surface area (Å²) in [4.78, 5) is 15.2. The van der Waals surface area contributed by atoms with Gasteiger partial charge in [-0.3, -0.25) is 9.48 Å². The molecule has 1 amide bonds. The summed E-state index contributed by atoms with van der Waals surface area (Å²) < 4.78 is 7.43. The van der Waals surface area contributed by atoms with E-state index in [1.807, 2.05) is 54.9 Å². The van der Waals surface area contributed by atoms with E-state index in [-0.39, 0.29) is 11.9 Å². The molecule has 1 aliphatic heterocycles. The molecule has 4 rings (SSSR count). The van der Waals surface area contributed by atoms with Crippen molar-refractivity contribution in [1.29, 1.82) is 0 Å². The fourth-order valence-corrected chi connectivity index (χ4v) is 4.15. The van der Waals surface area contributed by atoms with Crippen molar-refractivity contribution >= 4 is 5.91 Å². The molecule has 3 aromatic rings. The van der Waals surface area contributed by atoms with Crippen LogP contribution in [0.2, 0.25) is 0 Å². The van der Waals surface area contributed by atoms with Gasteiger partial charge in [0.1, 0.15) is 0 Å². The van der Waals surface area contributed by atoms with Crippen LogP contribution in [0.3, 0.4) is 0 Å². The lowest BCUT2D eigenvalue weighted by Gasteiger charge is -2.35. The zero-order valence-corrected chi connectivity index (χ0v) is 17.4. The van der Waals surface area contributed by atoms with Crippen molar-refractivity contribution in [1.82, 2.24) is 19.8 Å². The molecule has 0 bridgehead atoms. The van der Waals surface area contributed by atoms with E-state index < -0.39 is 0 Å². The molecule has 1 fully saturated rings. The molecule has 0 aliphatic carbocycles. The van der Waals surface area contributed by atoms with Crippen molar-refractivity contribution < 1.29 is 9.32 Å². The number of hydrogen-bond acceptors (Lipinski definition) is 4. The molecular weight excluding hydrogens is 364 g/mol. The van der Waals surface area contributed by atoms with Gasteiger partial charge in [-0.1, -0.05) is 35.5 Å². The number of aromatic nitrogens is 3. The number of carbonyl (C=O) groups excluding carboxylic acids is 1. The molecule has 0 spiro atoms. The molecular formula is C23H28N4O2. The quantitative estimate of drug-likeness (QED) is 0.646. The van der Waals surface area contributed by atoms with Gasteiger partial charge in [0, 0.05) is 31.8 Å². The zero-order valence-electron chi connectivity index (χ0n) is 17.4. The third-order valence-corrected chi connectivity index (χ3v) is 5.87. The van der Waals surface area contributed by atoms with E-state index in [9.17, 15) is 4.79 Å². The number of likely N-dealkylation sites (tertiary alicyclic amines) is 1. The Morgan fingerprint density at radius 1 is 1.21 bits per heavy atom. The van der Waals surface area contributed by atoms with Crippen molar-refractivity contribution in [3.05, 3.63) is 59.0 Å². The van der Waals surface area contributed by atoms with Gasteiger partial charge in [-0.2, -0.15) is 5.10 Å². The van der Waals surface area contributed by atoms with E-state index >= 15 is 0 Å². The summed E-state index contributed by atoms with van der Waals surface area (Å²) in [5.41, 5.74) is 4.96. The Morgan fingerprint density at radius 2 is 2.00 bits per heavy atom. The Balaban J connectivity index is 1.59. The lowest BCUT2D eigenvalue weighted by Crippen LogP contribution is -2.39. The van der Waals surface area contributed by atoms with Crippen molar-refractivity contribution in [3.63, 3.8) is 0 Å². The average molecular weight is 393 g/mol. The summed E-state index contributed by atoms with van der Waals surface area (Å²) >= 11 is 0. The van der Waals surface area contributed by atoms with Crippen molar-refractivity contribution in [2.24, 2.45) is 7.05 Å². The monoisotopic (exact) mass is 392 g/mol. The first-order chi connectivity index (χ1) is 14.0. The lowest BCUT2D eigenvalue weighted by atomic mass is 9.95. The van der Waals surface area contributed by atoms with Crippen LogP contribution in [0.4, 0.5) is 0 Å². The standard InChI is InChI=1S/C23H28N4O2/c1-16-17(2)25-29-23(16)19-15-26(3)24-22(19)20-11-7-8-14-27(20)21(28)13-12-18-9-5-4-6-10-18/h4-6,9-10,15,20H,7-8,11-14H2,1-3H3. The van der Waals surface area contributed by atoms with Crippen molar-refractivity contribution in [2.45, 2.75) is 52.0 Å². The second-order valence-corrected chi connectivity index (χ2v) is 7.91. The molecule has 2 aromatic heterocycles. The second kappa shape index (κ2) is 8.23. The van der Waals surface area contributed by atoms with E-state index in [4.69, 9.17) is 9.62 Å². The number of amides is 1. The molecule has 6 heteroatoms. The van der Waals surface area contributed by atoms with Gasteiger partial charge in [-0.15, -0.1) is 0 Å². The number of rotatable bonds is 5. The minimum atomic E-state index is -0.0203. The fourth-order valence-electron chi connectivity index (χ4n) is 4.15. The van der Waals surface area contributed by atoms with Crippen LogP contribution in [-0.2, 0) is 18.3 Å². The third kappa shape index (κ3) is 3.97. The number of benzene rings is 1. The maximum absolute atomic E-state index is 13.1. The highest BCUT2D eigenvalue weighted by Gasteiger charge is 2.33. The van der Waals surface area contributed by atoms with Crippen molar-refractivity contribution in [3.8, 4) is 11.3 Å². The topological polar surface area (TPSA) is 64.2 Å². The van der Waals surface area contributed by atoms with E-state index in [0.717, 1.165) is 60.5 Å². The molecule has 152 valence electrons. The highest BCUT2D eigenvalue weighted by molar-refractivity contribution is 5.77. The molecule has 0 N–H and O–H groups in total. The number of carbonyl (C=O) groups is 1. The molecule has 3 heterocycles. The lowest BCUT2D eigenvalue weighted by molar-refractivity contribution is -0.135. The Hall–Kier alpha value is -2.89. The van der Waals surface area contributed by atoms with Crippen molar-refractivity contribution in [2.75, 3.05) is 6.54 Å². The van der Waals surface area contributed by atoms with E-state index in [0.29, 0.717) is 6.42 Å². The van der Waals surface area contributed by atoms with Gasteiger partial charge >= 0.3 is 0 Å². The minimum absolute atomic E-state index is 0.0203. The van der Waals surface area contributed by atoms with Crippen LogP contribution in [0.25, 0.3) is 11.3 Å². The van der Waals surface area contributed by atoms with Crippen LogP contribution in [0.15, 0.2) is 41.1 Å². The average Bonchev–Trinajstić information content (AvgIpc) is 3.29. The van der Waals surface area contributed by atoms with Crippen LogP contribution in [0.1, 0.15) is 54.2 Å². The summed E-state index contributed by atoms with van der Waals surface area (Å²) in [5.74, 6) is 0.952. The first kappa shape index (κ1) is 19.4. The molecule has 1 atom stereocenters. The smallest absolute Gasteiger partial charge is 0.223 e. The van der Waals surface area contributed by atoms with Crippen LogP contribution in [0.5, 0.6) is 0 Å². The van der Waals surface area contributed by atoms with Crippen LogP contribution < -0.4 is 0 Å². The molecule has 1 aromatic carbocycles. The minimum Gasteiger partial charge on any atom is -0.356 e. The summed E-state index contributed by atoms with van der Waals surface area (Å²) in [5, 5.41) is 8.86. The molecule has 6 nitrogen and oxygen atoms in total. The number of nitrogens with zero attached hydrogens (tertiary/aromatic N) is 4. The predicted molar refractivity (Wildman–Crippen MR) is 111 cm³/mol. The molecule has 0 radical (unpaired) electrons. The molecule has 1 aliphatic rings. The number of aryl methyl sites for hydroxylation is 3. The van der Waals surface area contributed by atoms with Gasteiger partial charge in [-0.05, 0) is 45.1 Å². The van der Waals surface area contributed by atoms with Crippen LogP contribution in [-0.4, -0.2) is 32.3 Å². The first-order valence-electron chi connectivity index (χ1n) is 10.3. The van der Waals surface area contributed by atoms with Gasteiger partial charge in [0.15, 0.2) is 5.76 Å². The third-order valence-electron chi connectivity index (χ3n) is 5.87. The second-order valence-electron chi connectivity index (χ2n) is 7.91. The fraction of sp³-hybridized carbons (Fsp3) is 0.435. The Kier molecular flexibility index (Phi) is 5.51. The highest BCUT2D eigenvalue weighted by Crippen LogP contribution is 2.38. The zero-order chi connectivity index (χ0) is 20.4. The SMILES string of the molecule is Cc1noc(-c2cn(C)nc2C2CCCCN2C(=O)CCc2ccccc2)c1C. The van der Waals surface area contributed by atoms with Gasteiger partial charge in [0.25, 0.3) is 0 Å². The van der Waals surface area contributed by atoms with Crippen LogP contribution >= 0.6 is 0 Å². The molecule has 1 unspecified atom stereocenters. The van der Waals surface area contributed by atoms with Gasteiger partial charge < -0.3 is 9.42 Å².